The van der Waals surface area contributed by atoms with Crippen LogP contribution in [0, 0.1) is 6.92 Å². The number of nitrogens with zero attached hydrogens (tertiary/aromatic N) is 2. The Morgan fingerprint density at radius 1 is 1.24 bits per heavy atom. The van der Waals surface area contributed by atoms with Gasteiger partial charge in [-0.25, -0.2) is 4.79 Å². The molecule has 3 nitrogen and oxygen atoms in total. The summed E-state index contributed by atoms with van der Waals surface area (Å²) in [6.07, 6.45) is 4.82. The number of aromatic nitrogens is 1. The molecule has 0 radical (unpaired) electrons. The third-order valence-corrected chi connectivity index (χ3v) is 2.67. The maximum absolute atomic E-state index is 10.4. The van der Waals surface area contributed by atoms with Gasteiger partial charge in [-0.05, 0) is 30.2 Å². The molecule has 84 valence electrons. The molecule has 0 bridgehead atoms. The minimum absolute atomic E-state index is 0.516. The molecule has 0 amide bonds. The van der Waals surface area contributed by atoms with Gasteiger partial charge >= 0.3 is 0 Å². The van der Waals surface area contributed by atoms with Gasteiger partial charge in [0.2, 0.25) is 6.08 Å². The van der Waals surface area contributed by atoms with Crippen LogP contribution in [0.3, 0.4) is 0 Å². The Labute approximate surface area is 104 Å². The van der Waals surface area contributed by atoms with Gasteiger partial charge < -0.3 is 0 Å². The number of rotatable bonds is 2. The molecule has 0 N–H and O–H groups in total. The van der Waals surface area contributed by atoms with Gasteiger partial charge in [0.25, 0.3) is 0 Å². The van der Waals surface area contributed by atoms with Gasteiger partial charge in [0, 0.05) is 16.8 Å². The highest BCUT2D eigenvalue weighted by molar-refractivity contribution is 6.30. The van der Waals surface area contributed by atoms with E-state index in [4.69, 9.17) is 11.6 Å². The molecule has 0 atom stereocenters. The number of pyridine rings is 1. The van der Waals surface area contributed by atoms with Gasteiger partial charge in [-0.3, -0.25) is 4.98 Å². The van der Waals surface area contributed by atoms with Crippen molar-refractivity contribution in [2.24, 2.45) is 4.99 Å². The van der Waals surface area contributed by atoms with Crippen LogP contribution in [0.15, 0.2) is 41.7 Å². The van der Waals surface area contributed by atoms with Gasteiger partial charge in [0.1, 0.15) is 5.69 Å². The molecule has 1 heterocycles. The number of carbonyl (C=O) groups excluding carboxylic acids is 1. The van der Waals surface area contributed by atoms with Gasteiger partial charge in [0.05, 0.1) is 6.20 Å². The fourth-order valence-corrected chi connectivity index (χ4v) is 1.80. The zero-order chi connectivity index (χ0) is 12.3. The molecule has 2 aromatic rings. The van der Waals surface area contributed by atoms with Crippen LogP contribution >= 0.6 is 11.6 Å². The van der Waals surface area contributed by atoms with Gasteiger partial charge in [0.15, 0.2) is 0 Å². The average Bonchev–Trinajstić information content (AvgIpc) is 2.32. The number of hydrogen-bond donors (Lipinski definition) is 0. The van der Waals surface area contributed by atoms with E-state index in [1.165, 1.54) is 0 Å². The lowest BCUT2D eigenvalue weighted by atomic mass is 10.0. The van der Waals surface area contributed by atoms with Crippen molar-refractivity contribution in [1.29, 1.82) is 0 Å². The smallest absolute Gasteiger partial charge is 0.240 e. The first-order valence-corrected chi connectivity index (χ1v) is 5.38. The third-order valence-electron chi connectivity index (χ3n) is 2.41. The van der Waals surface area contributed by atoms with Gasteiger partial charge in [-0.1, -0.05) is 23.7 Å². The molecule has 1 aromatic carbocycles. The second-order valence-corrected chi connectivity index (χ2v) is 4.00. The lowest BCUT2D eigenvalue weighted by Gasteiger charge is -2.07. The first-order chi connectivity index (χ1) is 8.22. The Hall–Kier alpha value is -1.96. The van der Waals surface area contributed by atoms with Crippen LogP contribution in [0.25, 0.3) is 11.1 Å². The molecule has 17 heavy (non-hydrogen) atoms. The Bertz CT molecular complexity index is 587. The summed E-state index contributed by atoms with van der Waals surface area (Å²) in [6, 6.07) is 7.36. The molecule has 0 saturated carbocycles. The van der Waals surface area contributed by atoms with Crippen LogP contribution in [0.1, 0.15) is 5.56 Å². The summed E-state index contributed by atoms with van der Waals surface area (Å²) < 4.78 is 0. The highest BCUT2D eigenvalue weighted by Crippen LogP contribution is 2.32. The van der Waals surface area contributed by atoms with Crippen molar-refractivity contribution < 1.29 is 4.79 Å². The highest BCUT2D eigenvalue weighted by Gasteiger charge is 2.08. The first-order valence-electron chi connectivity index (χ1n) is 5.01. The maximum Gasteiger partial charge on any atom is 0.240 e. The largest absolute Gasteiger partial charge is 0.262 e. The lowest BCUT2D eigenvalue weighted by Crippen LogP contribution is -1.86. The standard InChI is InChI=1S/C13H9ClN2O/c1-9-6-15-7-12(16-8-17)13(9)10-2-4-11(14)5-3-10/h2-7H,1H3. The van der Waals surface area contributed by atoms with E-state index in [0.29, 0.717) is 10.7 Å². The second-order valence-electron chi connectivity index (χ2n) is 3.56. The van der Waals surface area contributed by atoms with Crippen LogP contribution in [-0.2, 0) is 4.79 Å². The molecular weight excluding hydrogens is 236 g/mol. The number of benzene rings is 1. The van der Waals surface area contributed by atoms with E-state index in [-0.39, 0.29) is 0 Å². The predicted molar refractivity (Wildman–Crippen MR) is 67.2 cm³/mol. The quantitative estimate of drug-likeness (QED) is 0.597. The number of isocyanates is 1. The zero-order valence-electron chi connectivity index (χ0n) is 9.14. The Balaban J connectivity index is 2.65. The molecule has 0 aliphatic carbocycles. The molecule has 1 aromatic heterocycles. The Kier molecular flexibility index (Phi) is 3.33. The van der Waals surface area contributed by atoms with Gasteiger partial charge in [-0.15, -0.1) is 0 Å². The van der Waals surface area contributed by atoms with Crippen molar-refractivity contribution in [3.8, 4) is 11.1 Å². The Morgan fingerprint density at radius 2 is 1.94 bits per heavy atom. The lowest BCUT2D eigenvalue weighted by molar-refractivity contribution is 0.565. The molecule has 2 rings (SSSR count). The van der Waals surface area contributed by atoms with E-state index < -0.39 is 0 Å². The summed E-state index contributed by atoms with van der Waals surface area (Å²) >= 11 is 5.84. The van der Waals surface area contributed by atoms with E-state index in [1.54, 1.807) is 30.6 Å². The summed E-state index contributed by atoms with van der Waals surface area (Å²) in [5.41, 5.74) is 3.29. The molecule has 0 fully saturated rings. The van der Waals surface area contributed by atoms with Crippen molar-refractivity contribution >= 4 is 23.4 Å². The van der Waals surface area contributed by atoms with Crippen LogP contribution in [-0.4, -0.2) is 11.1 Å². The number of aryl methyl sites for hydroxylation is 1. The number of aliphatic imine (C=N–C) groups is 1. The molecule has 0 unspecified atom stereocenters. The topological polar surface area (TPSA) is 42.3 Å². The minimum Gasteiger partial charge on any atom is -0.262 e. The van der Waals surface area contributed by atoms with E-state index in [0.717, 1.165) is 16.7 Å². The minimum atomic E-state index is 0.516. The van der Waals surface area contributed by atoms with Crippen LogP contribution in [0.4, 0.5) is 5.69 Å². The van der Waals surface area contributed by atoms with Crippen molar-refractivity contribution in [2.75, 3.05) is 0 Å². The third kappa shape index (κ3) is 2.41. The molecule has 0 aliphatic heterocycles. The van der Waals surface area contributed by atoms with Crippen LogP contribution < -0.4 is 0 Å². The molecule has 0 spiro atoms. The fourth-order valence-electron chi connectivity index (χ4n) is 1.68. The van der Waals surface area contributed by atoms with Crippen LogP contribution in [0.2, 0.25) is 5.02 Å². The number of halogens is 1. The Morgan fingerprint density at radius 3 is 2.59 bits per heavy atom. The number of hydrogen-bond acceptors (Lipinski definition) is 3. The summed E-state index contributed by atoms with van der Waals surface area (Å²) in [4.78, 5) is 18.1. The van der Waals surface area contributed by atoms with Crippen molar-refractivity contribution in [1.82, 2.24) is 4.98 Å². The van der Waals surface area contributed by atoms with Crippen molar-refractivity contribution in [3.05, 3.63) is 47.2 Å². The molecule has 0 aliphatic rings. The molecule has 0 saturated heterocycles. The van der Waals surface area contributed by atoms with Crippen LogP contribution in [0.5, 0.6) is 0 Å². The van der Waals surface area contributed by atoms with Crippen molar-refractivity contribution in [2.45, 2.75) is 6.92 Å². The zero-order valence-corrected chi connectivity index (χ0v) is 9.90. The van der Waals surface area contributed by atoms with E-state index in [1.807, 2.05) is 19.1 Å². The predicted octanol–water partition coefficient (Wildman–Crippen LogP) is 3.68. The summed E-state index contributed by atoms with van der Waals surface area (Å²) in [5.74, 6) is 0. The first kappa shape index (κ1) is 11.5. The summed E-state index contributed by atoms with van der Waals surface area (Å²) in [5, 5.41) is 0.667. The highest BCUT2D eigenvalue weighted by atomic mass is 35.5. The normalized spacial score (nSPS) is 9.76. The van der Waals surface area contributed by atoms with E-state index in [2.05, 4.69) is 9.98 Å². The van der Waals surface area contributed by atoms with E-state index in [9.17, 15) is 4.79 Å². The average molecular weight is 245 g/mol. The van der Waals surface area contributed by atoms with E-state index >= 15 is 0 Å². The SMILES string of the molecule is Cc1cncc(N=C=O)c1-c1ccc(Cl)cc1. The fraction of sp³-hybridized carbons (Fsp3) is 0.0769. The maximum atomic E-state index is 10.4. The van der Waals surface area contributed by atoms with Gasteiger partial charge in [-0.2, -0.15) is 4.99 Å². The molecular formula is C13H9ClN2O. The monoisotopic (exact) mass is 244 g/mol. The summed E-state index contributed by atoms with van der Waals surface area (Å²) in [6.45, 7) is 1.92. The van der Waals surface area contributed by atoms with Crippen molar-refractivity contribution in [3.63, 3.8) is 0 Å². The summed E-state index contributed by atoms with van der Waals surface area (Å²) in [7, 11) is 0. The molecule has 4 heteroatoms. The second kappa shape index (κ2) is 4.91.